The highest BCUT2D eigenvalue weighted by Gasteiger charge is 2.28. The zero-order valence-corrected chi connectivity index (χ0v) is 13.1. The molecule has 0 spiro atoms. The van der Waals surface area contributed by atoms with E-state index in [2.05, 4.69) is 16.7 Å². The Bertz CT molecular complexity index is 929. The first-order valence-electron chi connectivity index (χ1n) is 7.00. The third-order valence-corrected chi connectivity index (χ3v) is 4.06. The van der Waals surface area contributed by atoms with Gasteiger partial charge >= 0.3 is 5.69 Å². The Morgan fingerprint density at radius 3 is 2.64 bits per heavy atom. The normalized spacial score (nSPS) is 17.5. The van der Waals surface area contributed by atoms with Crippen LogP contribution in [0.25, 0.3) is 11.2 Å². The fourth-order valence-electron chi connectivity index (χ4n) is 2.77. The molecule has 8 nitrogen and oxygen atoms in total. The van der Waals surface area contributed by atoms with Crippen LogP contribution in [-0.4, -0.2) is 31.4 Å². The summed E-state index contributed by atoms with van der Waals surface area (Å²) in [4.78, 5) is 29.5. The summed E-state index contributed by atoms with van der Waals surface area (Å²) in [6.45, 7) is 7.63. The lowest BCUT2D eigenvalue weighted by Gasteiger charge is -2.26. The molecular weight excluding hydrogens is 284 g/mol. The summed E-state index contributed by atoms with van der Waals surface area (Å²) in [5.41, 5.74) is 0.895. The molecular formula is C14H18N6O2. The van der Waals surface area contributed by atoms with Gasteiger partial charge in [-0.05, 0) is 13.8 Å². The minimum Gasteiger partial charge on any atom is -0.294 e. The smallest absolute Gasteiger partial charge is 0.294 e. The summed E-state index contributed by atoms with van der Waals surface area (Å²) >= 11 is 0. The highest BCUT2D eigenvalue weighted by molar-refractivity contribution is 5.90. The molecule has 3 heterocycles. The standard InChI is InChI=1S/C14H18N6O2/c1-6-7-19-12(21)10-11(17(4)14(19)22)15-13-18(5)16-8(2)9(3)20(10)13/h6,9H,1,7H2,2-5H3. The molecule has 8 heteroatoms. The molecule has 116 valence electrons. The van der Waals surface area contributed by atoms with Gasteiger partial charge < -0.3 is 0 Å². The van der Waals surface area contributed by atoms with Crippen molar-refractivity contribution in [2.24, 2.45) is 12.1 Å². The molecule has 1 aliphatic heterocycles. The number of imidazole rings is 1. The van der Waals surface area contributed by atoms with Crippen LogP contribution in [0.4, 0.5) is 5.95 Å². The molecule has 0 radical (unpaired) electrons. The molecule has 0 aliphatic carbocycles. The summed E-state index contributed by atoms with van der Waals surface area (Å²) in [5, 5.41) is 6.02. The highest BCUT2D eigenvalue weighted by atomic mass is 16.2. The molecule has 2 aromatic heterocycles. The Labute approximate surface area is 126 Å². The van der Waals surface area contributed by atoms with Crippen molar-refractivity contribution >= 4 is 22.8 Å². The van der Waals surface area contributed by atoms with Crippen LogP contribution in [0.15, 0.2) is 27.3 Å². The molecule has 0 amide bonds. The topological polar surface area (TPSA) is 77.4 Å². The average Bonchev–Trinajstić information content (AvgIpc) is 2.88. The molecule has 1 unspecified atom stereocenters. The monoisotopic (exact) mass is 302 g/mol. The SMILES string of the molecule is C=CCn1c(=O)c2c(nc3n2C(C)C(C)=NN3C)n(C)c1=O. The maximum atomic E-state index is 12.8. The molecule has 0 fully saturated rings. The first-order chi connectivity index (χ1) is 10.4. The van der Waals surface area contributed by atoms with Crippen molar-refractivity contribution in [3.63, 3.8) is 0 Å². The van der Waals surface area contributed by atoms with E-state index in [0.29, 0.717) is 17.1 Å². The summed E-state index contributed by atoms with van der Waals surface area (Å²) in [5.74, 6) is 0.552. The van der Waals surface area contributed by atoms with Crippen LogP contribution in [0.2, 0.25) is 0 Å². The lowest BCUT2D eigenvalue weighted by Crippen LogP contribution is -2.40. The number of hydrazone groups is 1. The van der Waals surface area contributed by atoms with Crippen molar-refractivity contribution in [2.45, 2.75) is 26.4 Å². The third kappa shape index (κ3) is 1.69. The second-order valence-corrected chi connectivity index (χ2v) is 5.44. The van der Waals surface area contributed by atoms with Crippen LogP contribution in [0.1, 0.15) is 19.9 Å². The minimum atomic E-state index is -0.402. The van der Waals surface area contributed by atoms with Gasteiger partial charge in [-0.2, -0.15) is 10.1 Å². The van der Waals surface area contributed by atoms with Crippen LogP contribution in [-0.2, 0) is 13.6 Å². The molecule has 1 atom stereocenters. The Morgan fingerprint density at radius 2 is 2.00 bits per heavy atom. The quantitative estimate of drug-likeness (QED) is 0.756. The fraction of sp³-hybridized carbons (Fsp3) is 0.429. The molecule has 0 saturated heterocycles. The average molecular weight is 302 g/mol. The molecule has 22 heavy (non-hydrogen) atoms. The maximum Gasteiger partial charge on any atom is 0.332 e. The van der Waals surface area contributed by atoms with E-state index in [0.717, 1.165) is 10.3 Å². The van der Waals surface area contributed by atoms with E-state index in [4.69, 9.17) is 0 Å². The van der Waals surface area contributed by atoms with E-state index in [-0.39, 0.29) is 18.1 Å². The van der Waals surface area contributed by atoms with Gasteiger partial charge in [-0.1, -0.05) is 6.08 Å². The van der Waals surface area contributed by atoms with Crippen LogP contribution in [0.3, 0.4) is 0 Å². The molecule has 1 aliphatic rings. The van der Waals surface area contributed by atoms with Gasteiger partial charge in [0.25, 0.3) is 5.56 Å². The highest BCUT2D eigenvalue weighted by Crippen LogP contribution is 2.28. The van der Waals surface area contributed by atoms with Crippen molar-refractivity contribution in [1.82, 2.24) is 18.7 Å². The van der Waals surface area contributed by atoms with Crippen molar-refractivity contribution in [3.05, 3.63) is 33.5 Å². The van der Waals surface area contributed by atoms with Gasteiger partial charge in [-0.25, -0.2) is 9.80 Å². The summed E-state index contributed by atoms with van der Waals surface area (Å²) < 4.78 is 4.39. The van der Waals surface area contributed by atoms with Crippen LogP contribution >= 0.6 is 0 Å². The number of allylic oxidation sites excluding steroid dienone is 1. The predicted octanol–water partition coefficient (Wildman–Crippen LogP) is 0.469. The summed E-state index contributed by atoms with van der Waals surface area (Å²) in [6, 6.07) is -0.0985. The number of aryl methyl sites for hydroxylation is 1. The van der Waals surface area contributed by atoms with Crippen LogP contribution < -0.4 is 16.3 Å². The second kappa shape index (κ2) is 4.69. The Kier molecular flexibility index (Phi) is 3.05. The van der Waals surface area contributed by atoms with Crippen molar-refractivity contribution < 1.29 is 0 Å². The minimum absolute atomic E-state index is 0.0985. The van der Waals surface area contributed by atoms with E-state index < -0.39 is 5.69 Å². The number of fused-ring (bicyclic) bond motifs is 3. The molecule has 2 aromatic rings. The lowest BCUT2D eigenvalue weighted by atomic mass is 10.2. The summed E-state index contributed by atoms with van der Waals surface area (Å²) in [7, 11) is 3.38. The van der Waals surface area contributed by atoms with E-state index in [1.807, 2.05) is 18.4 Å². The van der Waals surface area contributed by atoms with Crippen molar-refractivity contribution in [1.29, 1.82) is 0 Å². The van der Waals surface area contributed by atoms with Gasteiger partial charge in [-0.15, -0.1) is 6.58 Å². The Morgan fingerprint density at radius 1 is 1.32 bits per heavy atom. The van der Waals surface area contributed by atoms with E-state index in [9.17, 15) is 9.59 Å². The summed E-state index contributed by atoms with van der Waals surface area (Å²) in [6.07, 6.45) is 1.53. The van der Waals surface area contributed by atoms with Crippen LogP contribution in [0.5, 0.6) is 0 Å². The van der Waals surface area contributed by atoms with Gasteiger partial charge in [0.15, 0.2) is 11.2 Å². The Hall–Kier alpha value is -2.64. The molecule has 3 rings (SSSR count). The van der Waals surface area contributed by atoms with Gasteiger partial charge in [0.2, 0.25) is 5.95 Å². The number of aromatic nitrogens is 4. The zero-order valence-electron chi connectivity index (χ0n) is 13.1. The first kappa shape index (κ1) is 14.3. The fourth-order valence-corrected chi connectivity index (χ4v) is 2.77. The Balaban J connectivity index is 2.50. The molecule has 0 bridgehead atoms. The largest absolute Gasteiger partial charge is 0.332 e. The second-order valence-electron chi connectivity index (χ2n) is 5.44. The number of rotatable bonds is 2. The number of nitrogens with zero attached hydrogens (tertiary/aromatic N) is 6. The first-order valence-corrected chi connectivity index (χ1v) is 7.00. The van der Waals surface area contributed by atoms with Gasteiger partial charge in [0.05, 0.1) is 11.8 Å². The molecule has 0 saturated carbocycles. The maximum absolute atomic E-state index is 12.8. The number of hydrogen-bond donors (Lipinski definition) is 0. The number of anilines is 1. The van der Waals surface area contributed by atoms with Gasteiger partial charge in [-0.3, -0.25) is 18.5 Å². The van der Waals surface area contributed by atoms with Crippen LogP contribution in [0, 0.1) is 0 Å². The number of hydrogen-bond acceptors (Lipinski definition) is 5. The van der Waals surface area contributed by atoms with Gasteiger partial charge in [0, 0.05) is 20.6 Å². The zero-order chi connectivity index (χ0) is 16.2. The van der Waals surface area contributed by atoms with Gasteiger partial charge in [0.1, 0.15) is 0 Å². The predicted molar refractivity (Wildman–Crippen MR) is 85.7 cm³/mol. The van der Waals surface area contributed by atoms with E-state index in [1.54, 1.807) is 19.1 Å². The molecule has 0 N–H and O–H groups in total. The third-order valence-electron chi connectivity index (χ3n) is 4.06. The van der Waals surface area contributed by atoms with E-state index >= 15 is 0 Å². The van der Waals surface area contributed by atoms with Crippen molar-refractivity contribution in [2.75, 3.05) is 12.1 Å². The van der Waals surface area contributed by atoms with Crippen molar-refractivity contribution in [3.8, 4) is 0 Å². The van der Waals surface area contributed by atoms with E-state index in [1.165, 1.54) is 10.6 Å². The molecule has 0 aromatic carbocycles. The lowest BCUT2D eigenvalue weighted by molar-refractivity contribution is 0.643.